The van der Waals surface area contributed by atoms with Crippen LogP contribution in [-0.2, 0) is 6.54 Å². The Morgan fingerprint density at radius 2 is 2.06 bits per heavy atom. The van der Waals surface area contributed by atoms with Gasteiger partial charge in [-0.15, -0.1) is 0 Å². The second-order valence-electron chi connectivity index (χ2n) is 4.35. The Hall–Kier alpha value is -1.45. The number of para-hydroxylation sites is 1. The second kappa shape index (κ2) is 5.75. The van der Waals surface area contributed by atoms with Crippen LogP contribution in [0.2, 0.25) is 0 Å². The fourth-order valence-electron chi connectivity index (χ4n) is 1.84. The molecule has 17 heavy (non-hydrogen) atoms. The molecule has 3 heteroatoms. The third-order valence-corrected chi connectivity index (χ3v) is 2.89. The van der Waals surface area contributed by atoms with Crippen molar-refractivity contribution < 1.29 is 0 Å². The van der Waals surface area contributed by atoms with Crippen LogP contribution in [0.3, 0.4) is 0 Å². The van der Waals surface area contributed by atoms with Crippen molar-refractivity contribution in [2.75, 3.05) is 6.54 Å². The minimum Gasteiger partial charge on any atom is -0.330 e. The molecule has 0 aliphatic rings. The molecule has 0 radical (unpaired) electrons. The van der Waals surface area contributed by atoms with E-state index in [1.807, 2.05) is 18.2 Å². The van der Waals surface area contributed by atoms with E-state index in [4.69, 9.17) is 5.73 Å². The van der Waals surface area contributed by atoms with Crippen molar-refractivity contribution in [1.82, 2.24) is 10.3 Å². The molecule has 2 aromatic rings. The number of benzene rings is 1. The lowest BCUT2D eigenvalue weighted by Gasteiger charge is -2.12. The number of aromatic nitrogens is 1. The number of hydrogen-bond acceptors (Lipinski definition) is 3. The van der Waals surface area contributed by atoms with Gasteiger partial charge in [-0.2, -0.15) is 0 Å². The lowest BCUT2D eigenvalue weighted by Crippen LogP contribution is -2.28. The number of fused-ring (bicyclic) bond motifs is 1. The first kappa shape index (κ1) is 12.0. The fraction of sp³-hybridized carbons (Fsp3) is 0.357. The van der Waals surface area contributed by atoms with Crippen LogP contribution in [0.5, 0.6) is 0 Å². The minimum absolute atomic E-state index is 0.438. The van der Waals surface area contributed by atoms with Crippen molar-refractivity contribution in [1.29, 1.82) is 0 Å². The maximum Gasteiger partial charge on any atom is 0.0705 e. The van der Waals surface area contributed by atoms with Gasteiger partial charge in [-0.05, 0) is 32.0 Å². The first-order valence-corrected chi connectivity index (χ1v) is 6.07. The van der Waals surface area contributed by atoms with E-state index in [-0.39, 0.29) is 0 Å². The molecule has 0 fully saturated rings. The summed E-state index contributed by atoms with van der Waals surface area (Å²) in [6.07, 6.45) is 0.994. The first-order chi connectivity index (χ1) is 8.29. The molecule has 1 atom stereocenters. The van der Waals surface area contributed by atoms with Crippen LogP contribution < -0.4 is 11.1 Å². The maximum atomic E-state index is 5.52. The summed E-state index contributed by atoms with van der Waals surface area (Å²) >= 11 is 0. The van der Waals surface area contributed by atoms with Crippen LogP contribution in [0.1, 0.15) is 19.0 Å². The third kappa shape index (κ3) is 3.25. The Bertz CT molecular complexity index is 482. The molecule has 3 N–H and O–H groups in total. The predicted molar refractivity (Wildman–Crippen MR) is 71.7 cm³/mol. The molecule has 0 aliphatic heterocycles. The van der Waals surface area contributed by atoms with Crippen molar-refractivity contribution in [2.45, 2.75) is 25.9 Å². The molecule has 3 nitrogen and oxygen atoms in total. The Balaban J connectivity index is 2.04. The van der Waals surface area contributed by atoms with Gasteiger partial charge in [-0.3, -0.25) is 4.98 Å². The zero-order valence-corrected chi connectivity index (χ0v) is 10.2. The minimum atomic E-state index is 0.438. The van der Waals surface area contributed by atoms with E-state index in [9.17, 15) is 0 Å². The Labute approximate surface area is 102 Å². The molecule has 1 aromatic heterocycles. The van der Waals surface area contributed by atoms with Crippen LogP contribution in [0.15, 0.2) is 36.4 Å². The SMILES string of the molecule is CC(CCN)NCc1ccc2ccccc2n1. The van der Waals surface area contributed by atoms with Crippen LogP contribution in [0.25, 0.3) is 10.9 Å². The van der Waals surface area contributed by atoms with Crippen molar-refractivity contribution in [3.8, 4) is 0 Å². The van der Waals surface area contributed by atoms with Gasteiger partial charge in [-0.1, -0.05) is 24.3 Å². The van der Waals surface area contributed by atoms with E-state index in [1.165, 1.54) is 5.39 Å². The molecule has 1 unspecified atom stereocenters. The van der Waals surface area contributed by atoms with Gasteiger partial charge in [0.1, 0.15) is 0 Å². The molecule has 1 heterocycles. The predicted octanol–water partition coefficient (Wildman–Crippen LogP) is 2.06. The summed E-state index contributed by atoms with van der Waals surface area (Å²) in [7, 11) is 0. The zero-order chi connectivity index (χ0) is 12.1. The molecule has 2 rings (SSSR count). The molecule has 1 aromatic carbocycles. The van der Waals surface area contributed by atoms with Gasteiger partial charge in [0, 0.05) is 18.0 Å². The Morgan fingerprint density at radius 3 is 2.88 bits per heavy atom. The largest absolute Gasteiger partial charge is 0.330 e. The topological polar surface area (TPSA) is 50.9 Å². The summed E-state index contributed by atoms with van der Waals surface area (Å²) in [6, 6.07) is 12.8. The van der Waals surface area contributed by atoms with E-state index in [0.717, 1.165) is 30.7 Å². The van der Waals surface area contributed by atoms with Crippen LogP contribution >= 0.6 is 0 Å². The van der Waals surface area contributed by atoms with Crippen LogP contribution in [0, 0.1) is 0 Å². The second-order valence-corrected chi connectivity index (χ2v) is 4.35. The van der Waals surface area contributed by atoms with Gasteiger partial charge in [0.05, 0.1) is 11.2 Å². The number of hydrogen-bond donors (Lipinski definition) is 2. The third-order valence-electron chi connectivity index (χ3n) is 2.89. The molecule has 0 spiro atoms. The molecule has 0 saturated heterocycles. The average molecular weight is 229 g/mol. The van der Waals surface area contributed by atoms with E-state index < -0.39 is 0 Å². The smallest absolute Gasteiger partial charge is 0.0705 e. The molecular formula is C14H19N3. The summed E-state index contributed by atoms with van der Waals surface area (Å²) in [6.45, 7) is 3.67. The number of nitrogens with zero attached hydrogens (tertiary/aromatic N) is 1. The summed E-state index contributed by atoms with van der Waals surface area (Å²) in [5.74, 6) is 0. The van der Waals surface area contributed by atoms with E-state index in [2.05, 4.69) is 35.4 Å². The number of nitrogens with one attached hydrogen (secondary N) is 1. The van der Waals surface area contributed by atoms with Crippen molar-refractivity contribution in [3.63, 3.8) is 0 Å². The van der Waals surface area contributed by atoms with Gasteiger partial charge in [0.2, 0.25) is 0 Å². The molecule has 0 bridgehead atoms. The molecule has 0 amide bonds. The summed E-state index contributed by atoms with van der Waals surface area (Å²) in [5.41, 5.74) is 7.65. The van der Waals surface area contributed by atoms with Crippen molar-refractivity contribution in [2.24, 2.45) is 5.73 Å². The Kier molecular flexibility index (Phi) is 4.07. The lowest BCUT2D eigenvalue weighted by molar-refractivity contribution is 0.516. The molecular weight excluding hydrogens is 210 g/mol. The highest BCUT2D eigenvalue weighted by molar-refractivity contribution is 5.78. The standard InChI is InChI=1S/C14H19N3/c1-11(8-9-15)16-10-13-7-6-12-4-2-3-5-14(12)17-13/h2-7,11,16H,8-10,15H2,1H3. The van der Waals surface area contributed by atoms with Crippen LogP contribution in [0.4, 0.5) is 0 Å². The maximum absolute atomic E-state index is 5.52. The van der Waals surface area contributed by atoms with Crippen LogP contribution in [-0.4, -0.2) is 17.6 Å². The van der Waals surface area contributed by atoms with Gasteiger partial charge < -0.3 is 11.1 Å². The lowest BCUT2D eigenvalue weighted by atomic mass is 10.2. The van der Waals surface area contributed by atoms with E-state index in [1.54, 1.807) is 0 Å². The van der Waals surface area contributed by atoms with Crippen molar-refractivity contribution >= 4 is 10.9 Å². The summed E-state index contributed by atoms with van der Waals surface area (Å²) < 4.78 is 0. The van der Waals surface area contributed by atoms with E-state index in [0.29, 0.717) is 6.04 Å². The van der Waals surface area contributed by atoms with E-state index >= 15 is 0 Å². The highest BCUT2D eigenvalue weighted by Crippen LogP contribution is 2.11. The Morgan fingerprint density at radius 1 is 1.24 bits per heavy atom. The molecule has 0 aliphatic carbocycles. The summed E-state index contributed by atoms with van der Waals surface area (Å²) in [5, 5.41) is 4.61. The van der Waals surface area contributed by atoms with Gasteiger partial charge >= 0.3 is 0 Å². The average Bonchev–Trinajstić information content (AvgIpc) is 2.36. The van der Waals surface area contributed by atoms with Gasteiger partial charge in [0.25, 0.3) is 0 Å². The van der Waals surface area contributed by atoms with Gasteiger partial charge in [0.15, 0.2) is 0 Å². The quantitative estimate of drug-likeness (QED) is 0.825. The monoisotopic (exact) mass is 229 g/mol. The summed E-state index contributed by atoms with van der Waals surface area (Å²) in [4.78, 5) is 4.61. The molecule has 90 valence electrons. The highest BCUT2D eigenvalue weighted by Gasteiger charge is 2.01. The molecule has 0 saturated carbocycles. The number of rotatable bonds is 5. The van der Waals surface area contributed by atoms with Crippen molar-refractivity contribution in [3.05, 3.63) is 42.1 Å². The normalized spacial score (nSPS) is 12.8. The highest BCUT2D eigenvalue weighted by atomic mass is 14.9. The zero-order valence-electron chi connectivity index (χ0n) is 10.2. The fourth-order valence-corrected chi connectivity index (χ4v) is 1.84. The number of pyridine rings is 1. The van der Waals surface area contributed by atoms with Gasteiger partial charge in [-0.25, -0.2) is 0 Å². The number of nitrogens with two attached hydrogens (primary N) is 1. The first-order valence-electron chi connectivity index (χ1n) is 6.07.